The molecule has 1 aromatic rings. The number of nitrogens with zero attached hydrogens (tertiary/aromatic N) is 1. The Bertz CT molecular complexity index is 514. The lowest BCUT2D eigenvalue weighted by atomic mass is 9.87. The van der Waals surface area contributed by atoms with Gasteiger partial charge >= 0.3 is 0 Å². The number of rotatable bonds is 1. The van der Waals surface area contributed by atoms with Crippen LogP contribution in [0.4, 0.5) is 0 Å². The second-order valence-corrected chi connectivity index (χ2v) is 5.28. The van der Waals surface area contributed by atoms with Crippen LogP contribution in [0.5, 0.6) is 0 Å². The molecule has 0 N–H and O–H groups in total. The van der Waals surface area contributed by atoms with E-state index in [0.717, 1.165) is 25.8 Å². The zero-order chi connectivity index (χ0) is 12.5. The molecule has 2 aliphatic rings. The van der Waals surface area contributed by atoms with Gasteiger partial charge in [0, 0.05) is 24.9 Å². The van der Waals surface area contributed by atoms with Crippen molar-refractivity contribution in [3.63, 3.8) is 0 Å². The van der Waals surface area contributed by atoms with Gasteiger partial charge in [-0.25, -0.2) is 0 Å². The van der Waals surface area contributed by atoms with Gasteiger partial charge in [-0.2, -0.15) is 0 Å². The minimum atomic E-state index is 0.120. The summed E-state index contributed by atoms with van der Waals surface area (Å²) in [5.74, 6) is 3.08. The molecule has 1 saturated heterocycles. The van der Waals surface area contributed by atoms with Gasteiger partial charge in [0.2, 0.25) is 5.91 Å². The highest BCUT2D eigenvalue weighted by atomic mass is 16.2. The van der Waals surface area contributed by atoms with Gasteiger partial charge in [0.25, 0.3) is 0 Å². The minimum Gasteiger partial charge on any atom is -0.338 e. The Balaban J connectivity index is 1.77. The lowest BCUT2D eigenvalue weighted by Crippen LogP contribution is -2.40. The standard InChI is InChI=1S/C16H17NO/c1-2-12-9-16(18)17(11-12)15-8-7-13-5-3-4-6-14(13)10-15/h1,3-6,12,15H,7-11H2. The fourth-order valence-corrected chi connectivity index (χ4v) is 3.14. The molecule has 0 radical (unpaired) electrons. The quantitative estimate of drug-likeness (QED) is 0.687. The fourth-order valence-electron chi connectivity index (χ4n) is 3.14. The second kappa shape index (κ2) is 4.49. The maximum Gasteiger partial charge on any atom is 0.224 e. The lowest BCUT2D eigenvalue weighted by Gasteiger charge is -2.32. The maximum absolute atomic E-state index is 12.0. The number of amides is 1. The van der Waals surface area contributed by atoms with Gasteiger partial charge in [0.1, 0.15) is 0 Å². The average molecular weight is 239 g/mol. The molecule has 2 heteroatoms. The van der Waals surface area contributed by atoms with Gasteiger partial charge in [0.05, 0.1) is 0 Å². The van der Waals surface area contributed by atoms with Crippen molar-refractivity contribution < 1.29 is 4.79 Å². The van der Waals surface area contributed by atoms with Crippen molar-refractivity contribution in [2.45, 2.75) is 31.7 Å². The van der Waals surface area contributed by atoms with E-state index < -0.39 is 0 Å². The monoisotopic (exact) mass is 239 g/mol. The molecule has 1 aliphatic carbocycles. The topological polar surface area (TPSA) is 20.3 Å². The molecule has 1 aliphatic heterocycles. The summed E-state index contributed by atoms with van der Waals surface area (Å²) in [5.41, 5.74) is 2.83. The summed E-state index contributed by atoms with van der Waals surface area (Å²) < 4.78 is 0. The average Bonchev–Trinajstić information content (AvgIpc) is 2.79. The lowest BCUT2D eigenvalue weighted by molar-refractivity contribution is -0.129. The molecule has 1 amide bonds. The molecule has 1 heterocycles. The van der Waals surface area contributed by atoms with E-state index in [4.69, 9.17) is 6.42 Å². The number of terminal acetylenes is 1. The van der Waals surface area contributed by atoms with Crippen LogP contribution in [0, 0.1) is 18.3 Å². The van der Waals surface area contributed by atoms with Crippen LogP contribution in [0.25, 0.3) is 0 Å². The van der Waals surface area contributed by atoms with E-state index in [0.29, 0.717) is 12.5 Å². The van der Waals surface area contributed by atoms with E-state index in [1.807, 2.05) is 4.90 Å². The summed E-state index contributed by atoms with van der Waals surface area (Å²) in [4.78, 5) is 14.0. The Labute approximate surface area is 108 Å². The highest BCUT2D eigenvalue weighted by Crippen LogP contribution is 2.28. The SMILES string of the molecule is C#CC1CC(=O)N(C2CCc3ccccc3C2)C1. The van der Waals surface area contributed by atoms with Crippen molar-refractivity contribution in [2.24, 2.45) is 5.92 Å². The molecule has 0 bridgehead atoms. The molecular formula is C16H17NO. The number of hydrogen-bond acceptors (Lipinski definition) is 1. The first-order valence-corrected chi connectivity index (χ1v) is 6.60. The zero-order valence-corrected chi connectivity index (χ0v) is 10.4. The summed E-state index contributed by atoms with van der Waals surface area (Å²) in [5, 5.41) is 0. The molecule has 1 aromatic carbocycles. The highest BCUT2D eigenvalue weighted by Gasteiger charge is 2.34. The number of fused-ring (bicyclic) bond motifs is 1. The van der Waals surface area contributed by atoms with Crippen LogP contribution in [-0.4, -0.2) is 23.4 Å². The normalized spacial score (nSPS) is 26.8. The summed E-state index contributed by atoms with van der Waals surface area (Å²) in [7, 11) is 0. The largest absolute Gasteiger partial charge is 0.338 e. The predicted octanol–water partition coefficient (Wildman–Crippen LogP) is 2.03. The number of benzene rings is 1. The van der Waals surface area contributed by atoms with Crippen LogP contribution in [0.3, 0.4) is 0 Å². The maximum atomic E-state index is 12.0. The Hall–Kier alpha value is -1.75. The van der Waals surface area contributed by atoms with Gasteiger partial charge < -0.3 is 4.90 Å². The number of aryl methyl sites for hydroxylation is 1. The van der Waals surface area contributed by atoms with Crippen molar-refractivity contribution in [2.75, 3.05) is 6.54 Å². The third-order valence-electron chi connectivity index (χ3n) is 4.16. The fraction of sp³-hybridized carbons (Fsp3) is 0.438. The molecule has 2 unspecified atom stereocenters. The Morgan fingerprint density at radius 3 is 2.72 bits per heavy atom. The molecule has 2 nitrogen and oxygen atoms in total. The van der Waals surface area contributed by atoms with Crippen molar-refractivity contribution in [1.29, 1.82) is 0 Å². The molecule has 18 heavy (non-hydrogen) atoms. The van der Waals surface area contributed by atoms with E-state index in [1.165, 1.54) is 11.1 Å². The smallest absolute Gasteiger partial charge is 0.224 e. The molecule has 2 atom stereocenters. The first-order valence-electron chi connectivity index (χ1n) is 6.60. The van der Waals surface area contributed by atoms with E-state index in [1.54, 1.807) is 0 Å². The Kier molecular flexibility index (Phi) is 2.83. The molecule has 0 saturated carbocycles. The van der Waals surface area contributed by atoms with Crippen LogP contribution < -0.4 is 0 Å². The highest BCUT2D eigenvalue weighted by molar-refractivity contribution is 5.79. The van der Waals surface area contributed by atoms with Crippen LogP contribution in [0.2, 0.25) is 0 Å². The van der Waals surface area contributed by atoms with Gasteiger partial charge in [-0.15, -0.1) is 12.3 Å². The van der Waals surface area contributed by atoms with Crippen LogP contribution in [0.1, 0.15) is 24.0 Å². The third-order valence-corrected chi connectivity index (χ3v) is 4.16. The summed E-state index contributed by atoms with van der Waals surface area (Å²) in [6, 6.07) is 8.90. The first kappa shape index (κ1) is 11.3. The molecule has 92 valence electrons. The van der Waals surface area contributed by atoms with E-state index in [-0.39, 0.29) is 11.8 Å². The number of carbonyl (C=O) groups excluding carboxylic acids is 1. The number of hydrogen-bond donors (Lipinski definition) is 0. The van der Waals surface area contributed by atoms with Crippen LogP contribution in [-0.2, 0) is 17.6 Å². The third kappa shape index (κ3) is 1.90. The van der Waals surface area contributed by atoms with Crippen LogP contribution >= 0.6 is 0 Å². The van der Waals surface area contributed by atoms with E-state index >= 15 is 0 Å². The Morgan fingerprint density at radius 1 is 1.22 bits per heavy atom. The van der Waals surface area contributed by atoms with Crippen LogP contribution in [0.15, 0.2) is 24.3 Å². The van der Waals surface area contributed by atoms with E-state index in [9.17, 15) is 4.79 Å². The number of likely N-dealkylation sites (tertiary alicyclic amines) is 1. The summed E-state index contributed by atoms with van der Waals surface area (Å²) >= 11 is 0. The summed E-state index contributed by atoms with van der Waals surface area (Å²) in [6.45, 7) is 0.752. The molecule has 1 fully saturated rings. The van der Waals surface area contributed by atoms with Gasteiger partial charge in [-0.1, -0.05) is 24.3 Å². The number of carbonyl (C=O) groups is 1. The second-order valence-electron chi connectivity index (χ2n) is 5.28. The molecule has 3 rings (SSSR count). The molecular weight excluding hydrogens is 222 g/mol. The predicted molar refractivity (Wildman–Crippen MR) is 70.9 cm³/mol. The van der Waals surface area contributed by atoms with Crippen molar-refractivity contribution in [3.8, 4) is 12.3 Å². The van der Waals surface area contributed by atoms with Gasteiger partial charge in [-0.3, -0.25) is 4.79 Å². The minimum absolute atomic E-state index is 0.120. The van der Waals surface area contributed by atoms with Crippen molar-refractivity contribution in [1.82, 2.24) is 4.90 Å². The molecule has 0 spiro atoms. The van der Waals surface area contributed by atoms with Crippen molar-refractivity contribution in [3.05, 3.63) is 35.4 Å². The van der Waals surface area contributed by atoms with Gasteiger partial charge in [-0.05, 0) is 30.4 Å². The zero-order valence-electron chi connectivity index (χ0n) is 10.4. The summed E-state index contributed by atoms with van der Waals surface area (Å²) in [6.07, 6.45) is 9.10. The Morgan fingerprint density at radius 2 is 2.00 bits per heavy atom. The first-order chi connectivity index (χ1) is 8.78. The molecule has 0 aromatic heterocycles. The van der Waals surface area contributed by atoms with Crippen molar-refractivity contribution >= 4 is 5.91 Å². The van der Waals surface area contributed by atoms with Gasteiger partial charge in [0.15, 0.2) is 0 Å². The van der Waals surface area contributed by atoms with E-state index in [2.05, 4.69) is 30.2 Å².